The first kappa shape index (κ1) is 19.1. The number of rotatable bonds is 5. The molecule has 0 fully saturated rings. The minimum atomic E-state index is -0.773. The molecule has 2 aromatic heterocycles. The second kappa shape index (κ2) is 6.59. The molecule has 0 aliphatic heterocycles. The van der Waals surface area contributed by atoms with Crippen LogP contribution < -0.4 is 5.32 Å². The summed E-state index contributed by atoms with van der Waals surface area (Å²) in [6, 6.07) is 1.78. The van der Waals surface area contributed by atoms with Crippen molar-refractivity contribution in [3.05, 3.63) is 29.2 Å². The van der Waals surface area contributed by atoms with Crippen LogP contribution in [-0.4, -0.2) is 44.8 Å². The van der Waals surface area contributed by atoms with Gasteiger partial charge in [-0.2, -0.15) is 10.1 Å². The second-order valence-electron chi connectivity index (χ2n) is 8.08. The van der Waals surface area contributed by atoms with Crippen molar-refractivity contribution < 1.29 is 9.32 Å². The van der Waals surface area contributed by atoms with Crippen LogP contribution in [0.15, 0.2) is 10.6 Å². The van der Waals surface area contributed by atoms with Crippen molar-refractivity contribution in [3.63, 3.8) is 0 Å². The Hall–Kier alpha value is -2.22. The van der Waals surface area contributed by atoms with Gasteiger partial charge in [0.2, 0.25) is 5.89 Å². The number of carbonyl (C=O) groups excluding carboxylic acids is 1. The van der Waals surface area contributed by atoms with Crippen LogP contribution in [0.2, 0.25) is 0 Å². The molecule has 0 saturated heterocycles. The number of carbonyl (C=O) groups is 1. The third kappa shape index (κ3) is 4.45. The highest BCUT2D eigenvalue weighted by Crippen LogP contribution is 2.20. The molecule has 0 aliphatic carbocycles. The van der Waals surface area contributed by atoms with Crippen molar-refractivity contribution in [1.82, 2.24) is 30.1 Å². The maximum atomic E-state index is 12.6. The molecule has 0 radical (unpaired) electrons. The predicted molar refractivity (Wildman–Crippen MR) is 94.1 cm³/mol. The van der Waals surface area contributed by atoms with E-state index in [1.807, 2.05) is 65.2 Å². The van der Waals surface area contributed by atoms with E-state index in [0.29, 0.717) is 24.0 Å². The highest BCUT2D eigenvalue weighted by molar-refractivity contribution is 5.92. The molecule has 1 N–H and O–H groups in total. The minimum Gasteiger partial charge on any atom is -0.338 e. The molecule has 0 saturated carbocycles. The van der Waals surface area contributed by atoms with Gasteiger partial charge >= 0.3 is 0 Å². The standard InChI is InChI=1S/C17H28N6O2/c1-11-9-12(20-23(11)16(2,3)4)14(24)19-17(5,6)15-18-13(25-21-15)10-22(7)8/h9H,10H2,1-8H3,(H,19,24). The Morgan fingerprint density at radius 1 is 1.28 bits per heavy atom. The summed E-state index contributed by atoms with van der Waals surface area (Å²) in [5, 5.41) is 11.4. The van der Waals surface area contributed by atoms with Gasteiger partial charge in [0.1, 0.15) is 5.69 Å². The smallest absolute Gasteiger partial charge is 0.272 e. The molecule has 25 heavy (non-hydrogen) atoms. The Bertz CT molecular complexity index is 752. The molecule has 0 aromatic carbocycles. The van der Waals surface area contributed by atoms with Crippen LogP contribution in [0, 0.1) is 6.92 Å². The van der Waals surface area contributed by atoms with Gasteiger partial charge in [-0.15, -0.1) is 0 Å². The summed E-state index contributed by atoms with van der Waals surface area (Å²) in [4.78, 5) is 18.9. The first-order valence-electron chi connectivity index (χ1n) is 8.27. The van der Waals surface area contributed by atoms with Crippen molar-refractivity contribution >= 4 is 5.91 Å². The molecule has 0 aliphatic rings. The van der Waals surface area contributed by atoms with Gasteiger partial charge in [0, 0.05) is 5.69 Å². The molecule has 2 aromatic rings. The summed E-state index contributed by atoms with van der Waals surface area (Å²) in [5.74, 6) is 0.676. The second-order valence-corrected chi connectivity index (χ2v) is 8.08. The molecule has 2 heterocycles. The number of amides is 1. The lowest BCUT2D eigenvalue weighted by Crippen LogP contribution is -2.42. The summed E-state index contributed by atoms with van der Waals surface area (Å²) >= 11 is 0. The lowest BCUT2D eigenvalue weighted by Gasteiger charge is -2.22. The number of aromatic nitrogens is 4. The molecule has 0 atom stereocenters. The number of nitrogens with one attached hydrogen (secondary N) is 1. The van der Waals surface area contributed by atoms with E-state index >= 15 is 0 Å². The maximum absolute atomic E-state index is 12.6. The molecule has 138 valence electrons. The van der Waals surface area contributed by atoms with E-state index in [2.05, 4.69) is 20.6 Å². The largest absolute Gasteiger partial charge is 0.338 e. The van der Waals surface area contributed by atoms with Crippen molar-refractivity contribution in [2.45, 2.75) is 59.2 Å². The van der Waals surface area contributed by atoms with Gasteiger partial charge in [-0.3, -0.25) is 9.48 Å². The number of nitrogens with zero attached hydrogens (tertiary/aromatic N) is 5. The quantitative estimate of drug-likeness (QED) is 0.889. The zero-order chi connectivity index (χ0) is 19.0. The molecule has 2 rings (SSSR count). The van der Waals surface area contributed by atoms with Crippen molar-refractivity contribution in [2.75, 3.05) is 14.1 Å². The predicted octanol–water partition coefficient (Wildman–Crippen LogP) is 2.06. The van der Waals surface area contributed by atoms with Gasteiger partial charge in [-0.05, 0) is 61.7 Å². The summed E-state index contributed by atoms with van der Waals surface area (Å²) in [5.41, 5.74) is 0.345. The van der Waals surface area contributed by atoms with Gasteiger partial charge in [0.25, 0.3) is 5.91 Å². The Labute approximate surface area is 148 Å². The van der Waals surface area contributed by atoms with E-state index < -0.39 is 5.54 Å². The summed E-state index contributed by atoms with van der Waals surface area (Å²) < 4.78 is 7.09. The van der Waals surface area contributed by atoms with Crippen LogP contribution >= 0.6 is 0 Å². The first-order chi connectivity index (χ1) is 11.4. The monoisotopic (exact) mass is 348 g/mol. The van der Waals surface area contributed by atoms with Crippen LogP contribution in [0.4, 0.5) is 0 Å². The molecule has 0 unspecified atom stereocenters. The molecular weight excluding hydrogens is 320 g/mol. The van der Waals surface area contributed by atoms with Crippen LogP contribution in [0.5, 0.6) is 0 Å². The van der Waals surface area contributed by atoms with Gasteiger partial charge < -0.3 is 14.7 Å². The van der Waals surface area contributed by atoms with Crippen molar-refractivity contribution in [3.8, 4) is 0 Å². The molecule has 1 amide bonds. The van der Waals surface area contributed by atoms with Gasteiger partial charge in [-0.1, -0.05) is 5.16 Å². The van der Waals surface area contributed by atoms with Crippen molar-refractivity contribution in [2.24, 2.45) is 0 Å². The van der Waals surface area contributed by atoms with Crippen LogP contribution in [-0.2, 0) is 17.6 Å². The Morgan fingerprint density at radius 2 is 1.92 bits per heavy atom. The minimum absolute atomic E-state index is 0.188. The lowest BCUT2D eigenvalue weighted by atomic mass is 10.0. The normalized spacial score (nSPS) is 12.7. The average molecular weight is 348 g/mol. The van der Waals surface area contributed by atoms with Crippen LogP contribution in [0.3, 0.4) is 0 Å². The van der Waals surface area contributed by atoms with E-state index in [4.69, 9.17) is 4.52 Å². The first-order valence-corrected chi connectivity index (χ1v) is 8.27. The van der Waals surface area contributed by atoms with E-state index in [-0.39, 0.29) is 11.4 Å². The van der Waals surface area contributed by atoms with Gasteiger partial charge in [-0.25, -0.2) is 0 Å². The van der Waals surface area contributed by atoms with Crippen LogP contribution in [0.25, 0.3) is 0 Å². The van der Waals surface area contributed by atoms with Crippen molar-refractivity contribution in [1.29, 1.82) is 0 Å². The fourth-order valence-corrected chi connectivity index (χ4v) is 2.51. The highest BCUT2D eigenvalue weighted by Gasteiger charge is 2.30. The maximum Gasteiger partial charge on any atom is 0.272 e. The van der Waals surface area contributed by atoms with E-state index in [9.17, 15) is 4.79 Å². The SMILES string of the molecule is Cc1cc(C(=O)NC(C)(C)c2noc(CN(C)C)n2)nn1C(C)(C)C. The molecular formula is C17H28N6O2. The van der Waals surface area contributed by atoms with E-state index in [1.165, 1.54) is 0 Å². The fourth-order valence-electron chi connectivity index (χ4n) is 2.51. The molecule has 8 heteroatoms. The van der Waals surface area contributed by atoms with E-state index in [0.717, 1.165) is 5.69 Å². The number of hydrogen-bond donors (Lipinski definition) is 1. The Kier molecular flexibility index (Phi) is 5.04. The fraction of sp³-hybridized carbons (Fsp3) is 0.647. The number of aryl methyl sites for hydroxylation is 1. The number of hydrogen-bond acceptors (Lipinski definition) is 6. The summed E-state index contributed by atoms with van der Waals surface area (Å²) in [6.07, 6.45) is 0. The molecule has 0 spiro atoms. The molecule has 0 bridgehead atoms. The molecule has 8 nitrogen and oxygen atoms in total. The Balaban J connectivity index is 2.17. The summed E-state index contributed by atoms with van der Waals surface area (Å²) in [7, 11) is 3.84. The van der Waals surface area contributed by atoms with E-state index in [1.54, 1.807) is 6.07 Å². The summed E-state index contributed by atoms with van der Waals surface area (Å²) in [6.45, 7) is 12.3. The zero-order valence-electron chi connectivity index (χ0n) is 16.3. The Morgan fingerprint density at radius 3 is 2.44 bits per heavy atom. The highest BCUT2D eigenvalue weighted by atomic mass is 16.5. The average Bonchev–Trinajstić information content (AvgIpc) is 3.03. The lowest BCUT2D eigenvalue weighted by molar-refractivity contribution is 0.0900. The third-order valence-electron chi connectivity index (χ3n) is 3.66. The van der Waals surface area contributed by atoms with Gasteiger partial charge in [0.15, 0.2) is 5.82 Å². The topological polar surface area (TPSA) is 89.1 Å². The van der Waals surface area contributed by atoms with Crippen LogP contribution in [0.1, 0.15) is 62.5 Å². The zero-order valence-corrected chi connectivity index (χ0v) is 16.3. The van der Waals surface area contributed by atoms with Gasteiger partial charge in [0.05, 0.1) is 17.6 Å². The third-order valence-corrected chi connectivity index (χ3v) is 3.66.